The third-order valence-corrected chi connectivity index (χ3v) is 5.09. The molecule has 1 heterocycles. The maximum absolute atomic E-state index is 12.3. The zero-order chi connectivity index (χ0) is 21.3. The Morgan fingerprint density at radius 1 is 1.07 bits per heavy atom. The molecule has 1 amide bonds. The molecular weight excluding hydrogens is 398 g/mol. The molecule has 0 saturated carbocycles. The molecule has 1 aromatic heterocycles. The lowest BCUT2D eigenvalue weighted by Crippen LogP contribution is -2.11. The zero-order valence-corrected chi connectivity index (χ0v) is 17.7. The monoisotopic (exact) mass is 421 g/mol. The van der Waals surface area contributed by atoms with Crippen molar-refractivity contribution in [1.82, 2.24) is 0 Å². The number of hydrogen-bond acceptors (Lipinski definition) is 5. The number of anilines is 1. The first kappa shape index (κ1) is 21.3. The molecule has 6 heteroatoms. The number of aryl methyl sites for hydroxylation is 1. The Balaban J connectivity index is 1.62. The summed E-state index contributed by atoms with van der Waals surface area (Å²) in [5.74, 6) is -0.0395. The van der Waals surface area contributed by atoms with Gasteiger partial charge in [-0.25, -0.2) is 4.79 Å². The molecule has 0 radical (unpaired) electrons. The van der Waals surface area contributed by atoms with E-state index in [0.717, 1.165) is 21.8 Å². The average molecular weight is 422 g/mol. The molecular formula is C24H23NO4S. The minimum Gasteiger partial charge on any atom is -0.489 e. The van der Waals surface area contributed by atoms with Crippen LogP contribution >= 0.6 is 11.3 Å². The molecule has 0 spiro atoms. The maximum atomic E-state index is 12.3. The lowest BCUT2D eigenvalue weighted by atomic mass is 10.2. The molecule has 0 aliphatic carbocycles. The quantitative estimate of drug-likeness (QED) is 0.387. The summed E-state index contributed by atoms with van der Waals surface area (Å²) < 4.78 is 10.9. The van der Waals surface area contributed by atoms with Crippen LogP contribution < -0.4 is 10.1 Å². The second-order valence-electron chi connectivity index (χ2n) is 6.49. The molecule has 1 N–H and O–H groups in total. The molecule has 0 atom stereocenters. The first-order valence-corrected chi connectivity index (χ1v) is 10.4. The van der Waals surface area contributed by atoms with Crippen LogP contribution in [0.25, 0.3) is 6.08 Å². The molecule has 0 bridgehead atoms. The highest BCUT2D eigenvalue weighted by Crippen LogP contribution is 2.28. The van der Waals surface area contributed by atoms with Crippen LogP contribution in [-0.2, 0) is 16.1 Å². The van der Waals surface area contributed by atoms with E-state index in [1.165, 1.54) is 17.4 Å². The van der Waals surface area contributed by atoms with Gasteiger partial charge in [-0.2, -0.15) is 0 Å². The average Bonchev–Trinajstić information content (AvgIpc) is 3.12. The highest BCUT2D eigenvalue weighted by Gasteiger charge is 2.17. The van der Waals surface area contributed by atoms with Crippen molar-refractivity contribution < 1.29 is 19.1 Å². The van der Waals surface area contributed by atoms with Crippen molar-refractivity contribution in [1.29, 1.82) is 0 Å². The fraction of sp³-hybridized carbons (Fsp3) is 0.167. The van der Waals surface area contributed by atoms with Gasteiger partial charge in [-0.05, 0) is 49.2 Å². The van der Waals surface area contributed by atoms with Gasteiger partial charge >= 0.3 is 5.97 Å². The standard InChI is InChI=1S/C24H23NO4S/c1-3-28-24(27)21-14-17(2)30-23(21)25-22(26)13-12-18-10-7-11-20(15-18)29-16-19-8-5-4-6-9-19/h4-15H,3,16H2,1-2H3,(H,25,26)/b13-12+. The van der Waals surface area contributed by atoms with Gasteiger partial charge in [-0.1, -0.05) is 42.5 Å². The summed E-state index contributed by atoms with van der Waals surface area (Å²) in [5, 5.41) is 3.25. The normalized spacial score (nSPS) is 10.7. The molecule has 0 aliphatic heterocycles. The number of carbonyl (C=O) groups is 2. The number of thiophene rings is 1. The maximum Gasteiger partial charge on any atom is 0.341 e. The van der Waals surface area contributed by atoms with E-state index in [1.807, 2.05) is 61.5 Å². The van der Waals surface area contributed by atoms with Crippen LogP contribution in [0, 0.1) is 6.92 Å². The van der Waals surface area contributed by atoms with E-state index in [4.69, 9.17) is 9.47 Å². The predicted molar refractivity (Wildman–Crippen MR) is 120 cm³/mol. The highest BCUT2D eigenvalue weighted by atomic mass is 32.1. The van der Waals surface area contributed by atoms with Gasteiger partial charge in [0.2, 0.25) is 5.91 Å². The summed E-state index contributed by atoms with van der Waals surface area (Å²) in [4.78, 5) is 25.3. The van der Waals surface area contributed by atoms with Crippen LogP contribution in [0.15, 0.2) is 66.7 Å². The smallest absolute Gasteiger partial charge is 0.341 e. The van der Waals surface area contributed by atoms with E-state index >= 15 is 0 Å². The minimum atomic E-state index is -0.440. The number of nitrogens with one attached hydrogen (secondary N) is 1. The number of benzene rings is 2. The van der Waals surface area contributed by atoms with E-state index in [0.29, 0.717) is 17.2 Å². The van der Waals surface area contributed by atoms with Crippen LogP contribution in [-0.4, -0.2) is 18.5 Å². The number of carbonyl (C=O) groups excluding carboxylic acids is 2. The molecule has 154 valence electrons. The van der Waals surface area contributed by atoms with Gasteiger partial charge in [0.05, 0.1) is 12.2 Å². The summed E-state index contributed by atoms with van der Waals surface area (Å²) in [7, 11) is 0. The van der Waals surface area contributed by atoms with Gasteiger partial charge < -0.3 is 14.8 Å². The van der Waals surface area contributed by atoms with Crippen molar-refractivity contribution >= 4 is 34.3 Å². The number of hydrogen-bond donors (Lipinski definition) is 1. The van der Waals surface area contributed by atoms with Gasteiger partial charge in [-0.3, -0.25) is 4.79 Å². The Kier molecular flexibility index (Phi) is 7.40. The Labute approximate surface area is 180 Å². The Morgan fingerprint density at radius 3 is 2.63 bits per heavy atom. The minimum absolute atomic E-state index is 0.281. The van der Waals surface area contributed by atoms with Crippen LogP contribution in [0.4, 0.5) is 5.00 Å². The molecule has 2 aromatic carbocycles. The number of rotatable bonds is 8. The van der Waals surface area contributed by atoms with Crippen molar-refractivity contribution in [3.05, 3.63) is 88.3 Å². The Bertz CT molecular complexity index is 1040. The summed E-state index contributed by atoms with van der Waals surface area (Å²) in [6.07, 6.45) is 3.13. The van der Waals surface area contributed by atoms with Crippen molar-refractivity contribution in [2.45, 2.75) is 20.5 Å². The van der Waals surface area contributed by atoms with E-state index in [-0.39, 0.29) is 12.5 Å². The highest BCUT2D eigenvalue weighted by molar-refractivity contribution is 7.16. The van der Waals surface area contributed by atoms with E-state index in [1.54, 1.807) is 19.1 Å². The molecule has 5 nitrogen and oxygen atoms in total. The fourth-order valence-corrected chi connectivity index (χ4v) is 3.64. The number of amides is 1. The lowest BCUT2D eigenvalue weighted by Gasteiger charge is -2.07. The van der Waals surface area contributed by atoms with Gasteiger partial charge in [0, 0.05) is 11.0 Å². The Hall–Kier alpha value is -3.38. The van der Waals surface area contributed by atoms with Gasteiger partial charge in [0.25, 0.3) is 0 Å². The van der Waals surface area contributed by atoms with E-state index in [9.17, 15) is 9.59 Å². The Morgan fingerprint density at radius 2 is 1.87 bits per heavy atom. The molecule has 0 fully saturated rings. The molecule has 3 aromatic rings. The van der Waals surface area contributed by atoms with Gasteiger partial charge in [0.15, 0.2) is 0 Å². The largest absolute Gasteiger partial charge is 0.489 e. The first-order valence-electron chi connectivity index (χ1n) is 9.58. The van der Waals surface area contributed by atoms with E-state index < -0.39 is 5.97 Å². The zero-order valence-electron chi connectivity index (χ0n) is 16.9. The van der Waals surface area contributed by atoms with Gasteiger partial charge in [-0.15, -0.1) is 11.3 Å². The number of ether oxygens (including phenoxy) is 2. The second kappa shape index (κ2) is 10.4. The van der Waals surface area contributed by atoms with Crippen molar-refractivity contribution in [2.24, 2.45) is 0 Å². The fourth-order valence-electron chi connectivity index (χ4n) is 2.74. The summed E-state index contributed by atoms with van der Waals surface area (Å²) in [5.41, 5.74) is 2.29. The molecule has 30 heavy (non-hydrogen) atoms. The van der Waals surface area contributed by atoms with Crippen molar-refractivity contribution in [3.8, 4) is 5.75 Å². The number of esters is 1. The molecule has 0 saturated heterocycles. The summed E-state index contributed by atoms with van der Waals surface area (Å²) >= 11 is 1.34. The van der Waals surface area contributed by atoms with Crippen LogP contribution in [0.5, 0.6) is 5.75 Å². The molecule has 3 rings (SSSR count). The van der Waals surface area contributed by atoms with Crippen LogP contribution in [0.3, 0.4) is 0 Å². The summed E-state index contributed by atoms with van der Waals surface area (Å²) in [6.45, 7) is 4.38. The predicted octanol–water partition coefficient (Wildman–Crippen LogP) is 5.46. The van der Waals surface area contributed by atoms with E-state index in [2.05, 4.69) is 5.32 Å². The topological polar surface area (TPSA) is 64.6 Å². The van der Waals surface area contributed by atoms with Gasteiger partial charge in [0.1, 0.15) is 17.4 Å². The van der Waals surface area contributed by atoms with Crippen LogP contribution in [0.1, 0.15) is 33.3 Å². The van der Waals surface area contributed by atoms with Crippen LogP contribution in [0.2, 0.25) is 0 Å². The molecule has 0 aliphatic rings. The molecule has 0 unspecified atom stereocenters. The lowest BCUT2D eigenvalue weighted by molar-refractivity contribution is -0.111. The van der Waals surface area contributed by atoms with Crippen molar-refractivity contribution in [3.63, 3.8) is 0 Å². The third-order valence-electron chi connectivity index (χ3n) is 4.12. The van der Waals surface area contributed by atoms with Crippen molar-refractivity contribution in [2.75, 3.05) is 11.9 Å². The first-order chi connectivity index (χ1) is 14.5. The summed E-state index contributed by atoms with van der Waals surface area (Å²) in [6, 6.07) is 19.1. The second-order valence-corrected chi connectivity index (χ2v) is 7.75. The third kappa shape index (κ3) is 6.06. The SMILES string of the molecule is CCOC(=O)c1cc(C)sc1NC(=O)/C=C/c1cccc(OCc2ccccc2)c1.